The molecule has 0 unspecified atom stereocenters. The first kappa shape index (κ1) is 23.5. The summed E-state index contributed by atoms with van der Waals surface area (Å²) in [6, 6.07) is 0. The Labute approximate surface area is 179 Å². The third-order valence-electron chi connectivity index (χ3n) is 5.26. The second kappa shape index (κ2) is 12.0. The number of piperidine rings is 1. The zero-order valence-electron chi connectivity index (χ0n) is 18.6. The van der Waals surface area contributed by atoms with E-state index in [1.807, 2.05) is 13.3 Å². The smallest absolute Gasteiger partial charge is 0.220 e. The molecule has 8 nitrogen and oxygen atoms in total. The fraction of sp³-hybridized carbons (Fsp3) is 0.800. The van der Waals surface area contributed by atoms with Crippen molar-refractivity contribution in [2.75, 3.05) is 40.0 Å². The van der Waals surface area contributed by atoms with Crippen LogP contribution in [0.15, 0.2) is 10.1 Å². The van der Waals surface area contributed by atoms with Crippen LogP contribution in [0.3, 0.4) is 0 Å². The molecule has 1 aromatic rings. The number of rotatable bonds is 9. The second-order valence-corrected chi connectivity index (χ2v) is 8.77. The molecule has 2 N–H and O–H groups in total. The Bertz CT molecular complexity index is 666. The highest BCUT2D eigenvalue weighted by molar-refractivity contribution is 7.98. The second-order valence-electron chi connectivity index (χ2n) is 7.99. The predicted octanol–water partition coefficient (Wildman–Crippen LogP) is 2.01. The SMILES string of the molecule is CN=C(NCCCc1nnc(SC)n1CC(C)C)N1CCC(CC(=O)NC)CC1. The lowest BCUT2D eigenvalue weighted by molar-refractivity contribution is -0.121. The van der Waals surface area contributed by atoms with E-state index in [4.69, 9.17) is 0 Å². The van der Waals surface area contributed by atoms with E-state index in [0.29, 0.717) is 18.3 Å². The molecule has 0 spiro atoms. The lowest BCUT2D eigenvalue weighted by Crippen LogP contribution is -2.46. The van der Waals surface area contributed by atoms with E-state index < -0.39 is 0 Å². The van der Waals surface area contributed by atoms with Crippen LogP contribution in [0.1, 0.15) is 45.4 Å². The van der Waals surface area contributed by atoms with Gasteiger partial charge in [-0.2, -0.15) is 0 Å². The number of aliphatic imine (C=N–C) groups is 1. The number of carbonyl (C=O) groups is 1. The minimum atomic E-state index is 0.140. The van der Waals surface area contributed by atoms with Crippen LogP contribution in [-0.4, -0.2) is 71.5 Å². The number of amides is 1. The highest BCUT2D eigenvalue weighted by Crippen LogP contribution is 2.20. The first-order chi connectivity index (χ1) is 14.0. The van der Waals surface area contributed by atoms with E-state index in [0.717, 1.165) is 68.8 Å². The van der Waals surface area contributed by atoms with Crippen molar-refractivity contribution in [2.45, 2.75) is 57.7 Å². The molecule has 1 aromatic heterocycles. The molecule has 2 rings (SSSR count). The average Bonchev–Trinajstić information content (AvgIpc) is 3.09. The normalized spacial score (nSPS) is 15.8. The van der Waals surface area contributed by atoms with Gasteiger partial charge in [-0.15, -0.1) is 10.2 Å². The minimum absolute atomic E-state index is 0.140. The van der Waals surface area contributed by atoms with E-state index in [-0.39, 0.29) is 5.91 Å². The summed E-state index contributed by atoms with van der Waals surface area (Å²) < 4.78 is 2.25. The number of hydrogen-bond donors (Lipinski definition) is 2. The Balaban J connectivity index is 1.77. The quantitative estimate of drug-likeness (QED) is 0.273. The number of likely N-dealkylation sites (tertiary alicyclic amines) is 1. The van der Waals surface area contributed by atoms with Crippen molar-refractivity contribution < 1.29 is 4.79 Å². The minimum Gasteiger partial charge on any atom is -0.359 e. The molecular formula is C20H37N7OS. The largest absolute Gasteiger partial charge is 0.359 e. The Kier molecular flexibility index (Phi) is 9.76. The van der Waals surface area contributed by atoms with Gasteiger partial charge in [-0.25, -0.2) is 0 Å². The van der Waals surface area contributed by atoms with E-state index in [1.165, 1.54) is 0 Å². The topological polar surface area (TPSA) is 87.4 Å². The fourth-order valence-electron chi connectivity index (χ4n) is 3.70. The van der Waals surface area contributed by atoms with Crippen molar-refractivity contribution in [1.82, 2.24) is 30.3 Å². The van der Waals surface area contributed by atoms with Crippen LogP contribution in [0.5, 0.6) is 0 Å². The lowest BCUT2D eigenvalue weighted by atomic mass is 9.93. The molecule has 0 aliphatic carbocycles. The van der Waals surface area contributed by atoms with Crippen LogP contribution in [0.4, 0.5) is 0 Å². The zero-order valence-corrected chi connectivity index (χ0v) is 19.4. The molecule has 1 aliphatic rings. The first-order valence-corrected chi connectivity index (χ1v) is 11.8. The van der Waals surface area contributed by atoms with E-state index in [9.17, 15) is 4.79 Å². The van der Waals surface area contributed by atoms with Gasteiger partial charge >= 0.3 is 0 Å². The molecule has 1 fully saturated rings. The van der Waals surface area contributed by atoms with E-state index in [1.54, 1.807) is 18.8 Å². The maximum Gasteiger partial charge on any atom is 0.220 e. The Morgan fingerprint density at radius 1 is 1.31 bits per heavy atom. The van der Waals surface area contributed by atoms with Gasteiger partial charge in [-0.1, -0.05) is 25.6 Å². The standard InChI is InChI=1S/C20H37N7OS/c1-15(2)14-27-17(24-25-20(27)29-5)7-6-10-23-19(22-4)26-11-8-16(9-12-26)13-18(28)21-3/h15-16H,6-14H2,1-5H3,(H,21,28)(H,22,23). The number of carbonyl (C=O) groups excluding carboxylic acids is 1. The predicted molar refractivity (Wildman–Crippen MR) is 119 cm³/mol. The molecule has 0 aromatic carbocycles. The van der Waals surface area contributed by atoms with Crippen LogP contribution < -0.4 is 10.6 Å². The number of aryl methyl sites for hydroxylation is 1. The summed E-state index contributed by atoms with van der Waals surface area (Å²) in [5, 5.41) is 15.9. The molecule has 1 saturated heterocycles. The summed E-state index contributed by atoms with van der Waals surface area (Å²) in [6.45, 7) is 8.14. The summed E-state index contributed by atoms with van der Waals surface area (Å²) in [6.07, 6.45) is 6.63. The highest BCUT2D eigenvalue weighted by Gasteiger charge is 2.23. The molecule has 0 saturated carbocycles. The van der Waals surface area contributed by atoms with Gasteiger partial charge in [0, 0.05) is 53.1 Å². The molecular weight excluding hydrogens is 386 g/mol. The third-order valence-corrected chi connectivity index (χ3v) is 5.93. The number of nitrogens with zero attached hydrogens (tertiary/aromatic N) is 5. The summed E-state index contributed by atoms with van der Waals surface area (Å²) in [5.74, 6) is 3.20. The van der Waals surface area contributed by atoms with Crippen LogP contribution >= 0.6 is 11.8 Å². The lowest BCUT2D eigenvalue weighted by Gasteiger charge is -2.34. The number of aromatic nitrogens is 3. The number of guanidine groups is 1. The zero-order chi connectivity index (χ0) is 21.2. The maximum atomic E-state index is 11.6. The molecule has 9 heteroatoms. The maximum absolute atomic E-state index is 11.6. The van der Waals surface area contributed by atoms with Gasteiger partial charge in [-0.05, 0) is 37.4 Å². The molecule has 29 heavy (non-hydrogen) atoms. The number of thioether (sulfide) groups is 1. The van der Waals surface area contributed by atoms with Crippen molar-refractivity contribution in [2.24, 2.45) is 16.8 Å². The summed E-state index contributed by atoms with van der Waals surface area (Å²) in [7, 11) is 3.54. The van der Waals surface area contributed by atoms with Gasteiger partial charge in [0.15, 0.2) is 11.1 Å². The van der Waals surface area contributed by atoms with Gasteiger partial charge in [0.1, 0.15) is 5.82 Å². The third kappa shape index (κ3) is 7.21. The molecule has 0 atom stereocenters. The van der Waals surface area contributed by atoms with Crippen LogP contribution in [-0.2, 0) is 17.8 Å². The molecule has 164 valence electrons. The van der Waals surface area contributed by atoms with E-state index >= 15 is 0 Å². The Morgan fingerprint density at radius 3 is 2.62 bits per heavy atom. The van der Waals surface area contributed by atoms with Gasteiger partial charge in [-0.3, -0.25) is 9.79 Å². The summed E-state index contributed by atoms with van der Waals surface area (Å²) in [5.41, 5.74) is 0. The molecule has 0 radical (unpaired) electrons. The average molecular weight is 424 g/mol. The molecule has 2 heterocycles. The number of hydrogen-bond acceptors (Lipinski definition) is 5. The van der Waals surface area contributed by atoms with Crippen LogP contribution in [0.25, 0.3) is 0 Å². The van der Waals surface area contributed by atoms with Crippen molar-refractivity contribution >= 4 is 23.6 Å². The van der Waals surface area contributed by atoms with Crippen LogP contribution in [0, 0.1) is 11.8 Å². The van der Waals surface area contributed by atoms with Crippen molar-refractivity contribution in [1.29, 1.82) is 0 Å². The molecule has 1 aliphatic heterocycles. The van der Waals surface area contributed by atoms with Crippen LogP contribution in [0.2, 0.25) is 0 Å². The van der Waals surface area contributed by atoms with Gasteiger partial charge in [0.25, 0.3) is 0 Å². The van der Waals surface area contributed by atoms with Gasteiger partial charge < -0.3 is 20.1 Å². The fourth-order valence-corrected chi connectivity index (χ4v) is 4.22. The monoisotopic (exact) mass is 423 g/mol. The van der Waals surface area contributed by atoms with E-state index in [2.05, 4.69) is 49.1 Å². The molecule has 1 amide bonds. The van der Waals surface area contributed by atoms with Crippen molar-refractivity contribution in [3.05, 3.63) is 5.82 Å². The Hall–Kier alpha value is -1.77. The molecule has 0 bridgehead atoms. The van der Waals surface area contributed by atoms with Crippen molar-refractivity contribution in [3.8, 4) is 0 Å². The Morgan fingerprint density at radius 2 is 2.03 bits per heavy atom. The van der Waals surface area contributed by atoms with Crippen molar-refractivity contribution in [3.63, 3.8) is 0 Å². The van der Waals surface area contributed by atoms with Gasteiger partial charge in [0.2, 0.25) is 5.91 Å². The highest BCUT2D eigenvalue weighted by atomic mass is 32.2. The van der Waals surface area contributed by atoms with Gasteiger partial charge in [0.05, 0.1) is 0 Å². The summed E-state index contributed by atoms with van der Waals surface area (Å²) >= 11 is 1.65. The summed E-state index contributed by atoms with van der Waals surface area (Å²) in [4.78, 5) is 18.3. The first-order valence-electron chi connectivity index (χ1n) is 10.6. The number of nitrogens with one attached hydrogen (secondary N) is 2.